The minimum Gasteiger partial charge on any atom is -0.340 e. The number of hydrogen-bond donors (Lipinski definition) is 2. The van der Waals surface area contributed by atoms with E-state index in [-0.39, 0.29) is 5.91 Å². The second-order valence-electron chi connectivity index (χ2n) is 6.62. The van der Waals surface area contributed by atoms with Gasteiger partial charge in [-0.3, -0.25) is 9.69 Å². The molecule has 2 aromatic carbocycles. The van der Waals surface area contributed by atoms with Gasteiger partial charge < -0.3 is 10.6 Å². The first kappa shape index (κ1) is 17.9. The van der Waals surface area contributed by atoms with Crippen LogP contribution in [0.25, 0.3) is 10.9 Å². The van der Waals surface area contributed by atoms with Crippen molar-refractivity contribution in [3.05, 3.63) is 53.3 Å². The Morgan fingerprint density at radius 2 is 1.93 bits per heavy atom. The quantitative estimate of drug-likeness (QED) is 0.641. The molecular weight excluding hydrogens is 406 g/mol. The van der Waals surface area contributed by atoms with Crippen LogP contribution in [0.15, 0.2) is 53.3 Å². The Morgan fingerprint density at radius 1 is 1.07 bits per heavy atom. The molecule has 0 saturated carbocycles. The van der Waals surface area contributed by atoms with E-state index < -0.39 is 0 Å². The van der Waals surface area contributed by atoms with E-state index in [1.54, 1.807) is 0 Å². The minimum atomic E-state index is 0.00889. The number of benzene rings is 2. The average molecular weight is 426 g/mol. The largest absolute Gasteiger partial charge is 0.340 e. The summed E-state index contributed by atoms with van der Waals surface area (Å²) >= 11 is 3.48. The summed E-state index contributed by atoms with van der Waals surface area (Å²) in [5, 5.41) is 7.17. The van der Waals surface area contributed by atoms with Gasteiger partial charge in [-0.15, -0.1) is 0 Å². The Balaban J connectivity index is 1.56. The third kappa shape index (κ3) is 4.43. The van der Waals surface area contributed by atoms with Gasteiger partial charge in [-0.25, -0.2) is 9.97 Å². The molecule has 1 saturated heterocycles. The molecule has 0 radical (unpaired) electrons. The number of nitrogens with one attached hydrogen (secondary N) is 2. The number of anilines is 3. The van der Waals surface area contributed by atoms with E-state index in [1.165, 1.54) is 19.2 Å². The zero-order valence-electron chi connectivity index (χ0n) is 14.8. The number of aromatic nitrogens is 2. The topological polar surface area (TPSA) is 70.2 Å². The van der Waals surface area contributed by atoms with Crippen LogP contribution in [0.4, 0.5) is 17.2 Å². The zero-order chi connectivity index (χ0) is 18.6. The molecular formula is C20H20BrN5O. The highest BCUT2D eigenvalue weighted by molar-refractivity contribution is 9.10. The van der Waals surface area contributed by atoms with Gasteiger partial charge in [0.15, 0.2) is 0 Å². The van der Waals surface area contributed by atoms with Gasteiger partial charge in [0.1, 0.15) is 12.1 Å². The normalized spacial score (nSPS) is 14.4. The van der Waals surface area contributed by atoms with E-state index in [4.69, 9.17) is 0 Å². The summed E-state index contributed by atoms with van der Waals surface area (Å²) in [4.78, 5) is 23.2. The van der Waals surface area contributed by atoms with Crippen LogP contribution in [0.1, 0.15) is 12.8 Å². The summed E-state index contributed by atoms with van der Waals surface area (Å²) in [6.07, 6.45) is 3.88. The molecule has 1 fully saturated rings. The van der Waals surface area contributed by atoms with Crippen LogP contribution in [-0.2, 0) is 4.79 Å². The van der Waals surface area contributed by atoms with E-state index >= 15 is 0 Å². The Labute approximate surface area is 166 Å². The van der Waals surface area contributed by atoms with E-state index in [2.05, 4.69) is 41.4 Å². The maximum atomic E-state index is 12.3. The highest BCUT2D eigenvalue weighted by atomic mass is 79.9. The molecule has 0 spiro atoms. The van der Waals surface area contributed by atoms with Gasteiger partial charge in [0.05, 0.1) is 12.1 Å². The summed E-state index contributed by atoms with van der Waals surface area (Å²) in [5.74, 6) is 0.711. The minimum absolute atomic E-state index is 0.00889. The molecule has 0 unspecified atom stereocenters. The van der Waals surface area contributed by atoms with Crippen molar-refractivity contribution in [2.24, 2.45) is 0 Å². The van der Waals surface area contributed by atoms with Crippen molar-refractivity contribution in [3.8, 4) is 0 Å². The smallest absolute Gasteiger partial charge is 0.238 e. The van der Waals surface area contributed by atoms with Crippen LogP contribution in [0.3, 0.4) is 0 Å². The lowest BCUT2D eigenvalue weighted by Gasteiger charge is -2.14. The fourth-order valence-electron chi connectivity index (χ4n) is 3.28. The van der Waals surface area contributed by atoms with Gasteiger partial charge in [0, 0.05) is 21.2 Å². The van der Waals surface area contributed by atoms with E-state index in [1.807, 2.05) is 42.5 Å². The second kappa shape index (κ2) is 8.02. The number of halogens is 1. The molecule has 2 heterocycles. The molecule has 4 rings (SSSR count). The second-order valence-corrected chi connectivity index (χ2v) is 7.54. The summed E-state index contributed by atoms with van der Waals surface area (Å²) < 4.78 is 0.987. The van der Waals surface area contributed by atoms with Crippen molar-refractivity contribution in [2.45, 2.75) is 12.8 Å². The predicted octanol–water partition coefficient (Wildman–Crippen LogP) is 4.17. The first-order chi connectivity index (χ1) is 13.2. The summed E-state index contributed by atoms with van der Waals surface area (Å²) in [6.45, 7) is 2.44. The molecule has 1 aromatic heterocycles. The maximum absolute atomic E-state index is 12.3. The number of carbonyl (C=O) groups is 1. The molecule has 2 N–H and O–H groups in total. The number of carbonyl (C=O) groups excluding carboxylic acids is 1. The van der Waals surface area contributed by atoms with Crippen LogP contribution >= 0.6 is 15.9 Å². The van der Waals surface area contributed by atoms with Gasteiger partial charge >= 0.3 is 0 Å². The lowest BCUT2D eigenvalue weighted by atomic mass is 10.2. The van der Waals surface area contributed by atoms with Crippen LogP contribution in [0.5, 0.6) is 0 Å². The molecule has 138 valence electrons. The SMILES string of the molecule is O=C(CN1CCCC1)Nc1ccc2ncnc(Nc3cccc(Br)c3)c2c1. The van der Waals surface area contributed by atoms with Crippen LogP contribution in [0.2, 0.25) is 0 Å². The number of fused-ring (bicyclic) bond motifs is 1. The highest BCUT2D eigenvalue weighted by Crippen LogP contribution is 2.27. The molecule has 6 nitrogen and oxygen atoms in total. The highest BCUT2D eigenvalue weighted by Gasteiger charge is 2.15. The fourth-order valence-corrected chi connectivity index (χ4v) is 3.68. The number of amides is 1. The van der Waals surface area contributed by atoms with Crippen molar-refractivity contribution in [3.63, 3.8) is 0 Å². The van der Waals surface area contributed by atoms with Gasteiger partial charge in [-0.05, 0) is 62.3 Å². The first-order valence-electron chi connectivity index (χ1n) is 8.97. The zero-order valence-corrected chi connectivity index (χ0v) is 16.4. The molecule has 7 heteroatoms. The summed E-state index contributed by atoms with van der Waals surface area (Å²) in [7, 11) is 0. The third-order valence-electron chi connectivity index (χ3n) is 4.57. The maximum Gasteiger partial charge on any atom is 0.238 e. The molecule has 27 heavy (non-hydrogen) atoms. The van der Waals surface area contributed by atoms with Gasteiger partial charge in [-0.2, -0.15) is 0 Å². The lowest BCUT2D eigenvalue weighted by Crippen LogP contribution is -2.30. The van der Waals surface area contributed by atoms with Crippen LogP contribution in [-0.4, -0.2) is 40.4 Å². The molecule has 1 amide bonds. The number of likely N-dealkylation sites (tertiary alicyclic amines) is 1. The monoisotopic (exact) mass is 425 g/mol. The van der Waals surface area contributed by atoms with E-state index in [9.17, 15) is 4.79 Å². The molecule has 0 atom stereocenters. The molecule has 1 aliphatic heterocycles. The van der Waals surface area contributed by atoms with Crippen LogP contribution < -0.4 is 10.6 Å². The summed E-state index contributed by atoms with van der Waals surface area (Å²) in [5.41, 5.74) is 2.49. The number of hydrogen-bond acceptors (Lipinski definition) is 5. The molecule has 0 bridgehead atoms. The standard InChI is InChI=1S/C20H20BrN5O/c21-14-4-3-5-15(10-14)25-20-17-11-16(6-7-18(17)22-13-23-20)24-19(27)12-26-8-1-2-9-26/h3-7,10-11,13H,1-2,8-9,12H2,(H,24,27)(H,22,23,25). The predicted molar refractivity (Wildman–Crippen MR) is 111 cm³/mol. The molecule has 1 aliphatic rings. The Kier molecular flexibility index (Phi) is 5.31. The summed E-state index contributed by atoms with van der Waals surface area (Å²) in [6, 6.07) is 13.6. The lowest BCUT2D eigenvalue weighted by molar-refractivity contribution is -0.117. The molecule has 0 aliphatic carbocycles. The van der Waals surface area contributed by atoms with Gasteiger partial charge in [-0.1, -0.05) is 22.0 Å². The fraction of sp³-hybridized carbons (Fsp3) is 0.250. The van der Waals surface area contributed by atoms with E-state index in [0.29, 0.717) is 12.4 Å². The average Bonchev–Trinajstić information content (AvgIpc) is 3.15. The van der Waals surface area contributed by atoms with E-state index in [0.717, 1.165) is 39.8 Å². The van der Waals surface area contributed by atoms with Crippen LogP contribution in [0, 0.1) is 0 Å². The van der Waals surface area contributed by atoms with Gasteiger partial charge in [0.25, 0.3) is 0 Å². The Morgan fingerprint density at radius 3 is 2.74 bits per heavy atom. The van der Waals surface area contributed by atoms with Gasteiger partial charge in [0.2, 0.25) is 5.91 Å². The van der Waals surface area contributed by atoms with Crippen molar-refractivity contribution in [2.75, 3.05) is 30.3 Å². The number of nitrogens with zero attached hydrogens (tertiary/aromatic N) is 3. The first-order valence-corrected chi connectivity index (χ1v) is 9.76. The van der Waals surface area contributed by atoms with Crippen molar-refractivity contribution in [1.82, 2.24) is 14.9 Å². The Hall–Kier alpha value is -2.51. The van der Waals surface area contributed by atoms with Crippen molar-refractivity contribution >= 4 is 49.9 Å². The molecule has 3 aromatic rings. The van der Waals surface area contributed by atoms with Crippen molar-refractivity contribution in [1.29, 1.82) is 0 Å². The third-order valence-corrected chi connectivity index (χ3v) is 5.07. The number of rotatable bonds is 5. The Bertz CT molecular complexity index is 971. The van der Waals surface area contributed by atoms with Crippen molar-refractivity contribution < 1.29 is 4.79 Å².